The van der Waals surface area contributed by atoms with Crippen molar-refractivity contribution in [1.29, 1.82) is 0 Å². The first-order valence-electron chi connectivity index (χ1n) is 3.36. The number of rotatable bonds is 3. The molecule has 10 heavy (non-hydrogen) atoms. The second kappa shape index (κ2) is 4.87. The van der Waals surface area contributed by atoms with Gasteiger partial charge in [-0.3, -0.25) is 4.79 Å². The van der Waals surface area contributed by atoms with Crippen molar-refractivity contribution in [3.63, 3.8) is 0 Å². The summed E-state index contributed by atoms with van der Waals surface area (Å²) < 4.78 is 4.76. The molecule has 0 saturated carbocycles. The van der Waals surface area contributed by atoms with Gasteiger partial charge in [0.15, 0.2) is 6.10 Å². The van der Waals surface area contributed by atoms with Gasteiger partial charge in [-0.2, -0.15) is 0 Å². The third kappa shape index (κ3) is 3.96. The summed E-state index contributed by atoms with van der Waals surface area (Å²) in [6.45, 7) is 3.59. The average Bonchev–Trinajstić information content (AvgIpc) is 1.88. The second-order valence-electron chi connectivity index (χ2n) is 2.05. The number of ether oxygens (including phenoxy) is 1. The van der Waals surface area contributed by atoms with Crippen molar-refractivity contribution in [2.45, 2.75) is 32.8 Å². The molecule has 0 aromatic rings. The van der Waals surface area contributed by atoms with E-state index in [1.54, 1.807) is 6.92 Å². The summed E-state index contributed by atoms with van der Waals surface area (Å²) in [6.07, 6.45) is 5.85. The Morgan fingerprint density at radius 2 is 2.40 bits per heavy atom. The number of esters is 1. The molecule has 0 fully saturated rings. The summed E-state index contributed by atoms with van der Waals surface area (Å²) in [4.78, 5) is 10.7. The van der Waals surface area contributed by atoms with Crippen molar-refractivity contribution in [2.24, 2.45) is 0 Å². The first kappa shape index (κ1) is 9.03. The number of hydrogen-bond donors (Lipinski definition) is 0. The summed E-state index contributed by atoms with van der Waals surface area (Å²) in [7, 11) is 0. The van der Waals surface area contributed by atoms with Gasteiger partial charge in [-0.05, 0) is 13.3 Å². The van der Waals surface area contributed by atoms with Crippen LogP contribution in [0.25, 0.3) is 0 Å². The van der Waals surface area contributed by atoms with Gasteiger partial charge in [-0.15, -0.1) is 6.42 Å². The fraction of sp³-hybridized carbons (Fsp3) is 0.625. The van der Waals surface area contributed by atoms with Crippen molar-refractivity contribution in [3.05, 3.63) is 0 Å². The first-order valence-corrected chi connectivity index (χ1v) is 3.36. The van der Waals surface area contributed by atoms with Crippen LogP contribution in [-0.2, 0) is 9.53 Å². The van der Waals surface area contributed by atoms with Crippen LogP contribution in [-0.4, -0.2) is 12.1 Å². The monoisotopic (exact) mass is 140 g/mol. The molecular weight excluding hydrogens is 128 g/mol. The predicted molar refractivity (Wildman–Crippen MR) is 39.3 cm³/mol. The topological polar surface area (TPSA) is 26.3 Å². The van der Waals surface area contributed by atoms with Gasteiger partial charge in [0.05, 0.1) is 0 Å². The van der Waals surface area contributed by atoms with Crippen LogP contribution in [0.15, 0.2) is 0 Å². The maximum absolute atomic E-state index is 10.7. The van der Waals surface area contributed by atoms with E-state index in [-0.39, 0.29) is 12.1 Å². The minimum Gasteiger partial charge on any atom is -0.449 e. The van der Waals surface area contributed by atoms with Gasteiger partial charge in [-0.1, -0.05) is 12.8 Å². The Hall–Kier alpha value is -0.970. The van der Waals surface area contributed by atoms with Crippen LogP contribution in [0.3, 0.4) is 0 Å². The largest absolute Gasteiger partial charge is 0.449 e. The molecule has 0 bridgehead atoms. The Labute approximate surface area is 61.6 Å². The molecule has 0 spiro atoms. The molecule has 0 saturated heterocycles. The molecule has 0 aliphatic heterocycles. The highest BCUT2D eigenvalue weighted by Crippen LogP contribution is 1.95. The van der Waals surface area contributed by atoms with Crippen LogP contribution < -0.4 is 0 Å². The van der Waals surface area contributed by atoms with Gasteiger partial charge < -0.3 is 4.74 Å². The molecule has 0 amide bonds. The van der Waals surface area contributed by atoms with E-state index in [0.29, 0.717) is 6.42 Å². The molecule has 0 rings (SSSR count). The summed E-state index contributed by atoms with van der Waals surface area (Å²) in [5.74, 6) is 2.10. The van der Waals surface area contributed by atoms with E-state index in [0.717, 1.165) is 6.42 Å². The SMILES string of the molecule is C#C[C@H](C)OC(=O)CCC. The molecule has 0 aromatic heterocycles. The lowest BCUT2D eigenvalue weighted by atomic mass is 10.3. The zero-order valence-electron chi connectivity index (χ0n) is 6.39. The summed E-state index contributed by atoms with van der Waals surface area (Å²) in [6, 6.07) is 0. The molecule has 0 aliphatic rings. The van der Waals surface area contributed by atoms with E-state index >= 15 is 0 Å². The van der Waals surface area contributed by atoms with Gasteiger partial charge in [-0.25, -0.2) is 0 Å². The third-order valence-corrected chi connectivity index (χ3v) is 0.997. The van der Waals surface area contributed by atoms with Crippen molar-refractivity contribution in [3.8, 4) is 12.3 Å². The van der Waals surface area contributed by atoms with Crippen LogP contribution >= 0.6 is 0 Å². The van der Waals surface area contributed by atoms with Crippen LogP contribution in [0.5, 0.6) is 0 Å². The molecule has 0 unspecified atom stereocenters. The maximum Gasteiger partial charge on any atom is 0.307 e. The van der Waals surface area contributed by atoms with E-state index in [4.69, 9.17) is 11.2 Å². The number of carbonyl (C=O) groups is 1. The molecular formula is C8H12O2. The smallest absolute Gasteiger partial charge is 0.307 e. The van der Waals surface area contributed by atoms with Crippen LogP contribution in [0.4, 0.5) is 0 Å². The standard InChI is InChI=1S/C8H12O2/c1-4-6-8(9)10-7(3)5-2/h2,7H,4,6H2,1,3H3/t7-/m0/s1. The zero-order valence-corrected chi connectivity index (χ0v) is 6.39. The van der Waals surface area contributed by atoms with E-state index < -0.39 is 0 Å². The van der Waals surface area contributed by atoms with Gasteiger partial charge in [0, 0.05) is 6.42 Å². The zero-order chi connectivity index (χ0) is 7.98. The molecule has 56 valence electrons. The number of carbonyl (C=O) groups excluding carboxylic acids is 1. The maximum atomic E-state index is 10.7. The quantitative estimate of drug-likeness (QED) is 0.437. The minimum atomic E-state index is -0.390. The Bertz CT molecular complexity index is 144. The third-order valence-electron chi connectivity index (χ3n) is 0.997. The Balaban J connectivity index is 3.49. The average molecular weight is 140 g/mol. The number of hydrogen-bond acceptors (Lipinski definition) is 2. The molecule has 0 radical (unpaired) electrons. The van der Waals surface area contributed by atoms with E-state index in [9.17, 15) is 4.79 Å². The number of terminal acetylenes is 1. The molecule has 2 heteroatoms. The Kier molecular flexibility index (Phi) is 4.39. The summed E-state index contributed by atoms with van der Waals surface area (Å²) >= 11 is 0. The van der Waals surface area contributed by atoms with Gasteiger partial charge in [0.1, 0.15) is 0 Å². The molecule has 0 heterocycles. The van der Waals surface area contributed by atoms with E-state index in [2.05, 4.69) is 5.92 Å². The lowest BCUT2D eigenvalue weighted by molar-refractivity contribution is -0.145. The highest BCUT2D eigenvalue weighted by Gasteiger charge is 2.03. The van der Waals surface area contributed by atoms with Gasteiger partial charge in [0.25, 0.3) is 0 Å². The highest BCUT2D eigenvalue weighted by molar-refractivity contribution is 5.69. The predicted octanol–water partition coefficient (Wildman–Crippen LogP) is 1.35. The lowest BCUT2D eigenvalue weighted by Gasteiger charge is -2.04. The fourth-order valence-electron chi connectivity index (χ4n) is 0.494. The first-order chi connectivity index (χ1) is 4.70. The summed E-state index contributed by atoms with van der Waals surface area (Å²) in [5, 5.41) is 0. The Morgan fingerprint density at radius 3 is 2.80 bits per heavy atom. The van der Waals surface area contributed by atoms with Crippen molar-refractivity contribution in [2.75, 3.05) is 0 Å². The summed E-state index contributed by atoms with van der Waals surface area (Å²) in [5.41, 5.74) is 0. The minimum absolute atomic E-state index is 0.215. The molecule has 0 N–H and O–H groups in total. The highest BCUT2D eigenvalue weighted by atomic mass is 16.5. The molecule has 1 atom stereocenters. The molecule has 0 aliphatic carbocycles. The van der Waals surface area contributed by atoms with Crippen molar-refractivity contribution >= 4 is 5.97 Å². The molecule has 0 aromatic carbocycles. The second-order valence-corrected chi connectivity index (χ2v) is 2.05. The van der Waals surface area contributed by atoms with Crippen LogP contribution in [0.1, 0.15) is 26.7 Å². The molecule has 2 nitrogen and oxygen atoms in total. The van der Waals surface area contributed by atoms with Crippen molar-refractivity contribution < 1.29 is 9.53 Å². The normalized spacial score (nSPS) is 11.7. The van der Waals surface area contributed by atoms with Gasteiger partial charge >= 0.3 is 5.97 Å². The van der Waals surface area contributed by atoms with E-state index in [1.165, 1.54) is 0 Å². The Morgan fingerprint density at radius 1 is 1.80 bits per heavy atom. The van der Waals surface area contributed by atoms with Crippen molar-refractivity contribution in [1.82, 2.24) is 0 Å². The lowest BCUT2D eigenvalue weighted by Crippen LogP contribution is -2.11. The van der Waals surface area contributed by atoms with Crippen LogP contribution in [0.2, 0.25) is 0 Å². The van der Waals surface area contributed by atoms with E-state index in [1.807, 2.05) is 6.92 Å². The van der Waals surface area contributed by atoms with Crippen LogP contribution in [0, 0.1) is 12.3 Å². The fourth-order valence-corrected chi connectivity index (χ4v) is 0.494. The van der Waals surface area contributed by atoms with Gasteiger partial charge in [0.2, 0.25) is 0 Å².